The van der Waals surface area contributed by atoms with Gasteiger partial charge in [0.25, 0.3) is 11.1 Å². The van der Waals surface area contributed by atoms with Crippen molar-refractivity contribution in [1.29, 1.82) is 0 Å². The number of carbonyl (C=O) groups is 3. The van der Waals surface area contributed by atoms with Crippen molar-refractivity contribution in [1.82, 2.24) is 25.7 Å². The fourth-order valence-electron chi connectivity index (χ4n) is 4.63. The van der Waals surface area contributed by atoms with Crippen LogP contribution in [0.5, 0.6) is 0 Å². The molecule has 39 heavy (non-hydrogen) atoms. The zero-order chi connectivity index (χ0) is 27.5. The van der Waals surface area contributed by atoms with Gasteiger partial charge in [-0.3, -0.25) is 14.4 Å². The molecule has 216 valence electrons. The number of rotatable bonds is 14. The second-order valence-electron chi connectivity index (χ2n) is 10.7. The molecule has 1 aromatic carbocycles. The van der Waals surface area contributed by atoms with Gasteiger partial charge in [0.1, 0.15) is 5.54 Å². The predicted molar refractivity (Wildman–Crippen MR) is 155 cm³/mol. The number of thioether (sulfide) groups is 1. The molecule has 1 saturated carbocycles. The lowest BCUT2D eigenvalue weighted by atomic mass is 9.80. The van der Waals surface area contributed by atoms with E-state index in [0.717, 1.165) is 37.1 Å². The van der Waals surface area contributed by atoms with Gasteiger partial charge in [0.05, 0.1) is 6.04 Å². The maximum absolute atomic E-state index is 13.7. The van der Waals surface area contributed by atoms with Gasteiger partial charge in [-0.25, -0.2) is 0 Å². The summed E-state index contributed by atoms with van der Waals surface area (Å²) < 4.78 is 5.63. The number of nitrogens with zero attached hydrogens (tertiary/aromatic N) is 3. The second kappa shape index (κ2) is 16.0. The Hall–Kier alpha value is -2.43. The summed E-state index contributed by atoms with van der Waals surface area (Å²) in [4.78, 5) is 42.1. The highest BCUT2D eigenvalue weighted by Crippen LogP contribution is 2.29. The molecule has 1 aliphatic carbocycles. The van der Waals surface area contributed by atoms with Crippen molar-refractivity contribution >= 4 is 41.8 Å². The molecular formula is C28H42ClN5O4S. The van der Waals surface area contributed by atoms with E-state index in [4.69, 9.17) is 4.42 Å². The molecule has 3 rings (SSSR count). The Morgan fingerprint density at radius 2 is 1.77 bits per heavy atom. The lowest BCUT2D eigenvalue weighted by Crippen LogP contribution is -2.62. The van der Waals surface area contributed by atoms with Crippen LogP contribution in [0.1, 0.15) is 75.0 Å². The minimum absolute atomic E-state index is 0. The molecule has 1 heterocycles. The van der Waals surface area contributed by atoms with Crippen LogP contribution in [0.4, 0.5) is 0 Å². The Labute approximate surface area is 242 Å². The molecule has 1 fully saturated rings. The van der Waals surface area contributed by atoms with E-state index in [1.165, 1.54) is 11.8 Å². The standard InChI is InChI=1S/C28H41N5O4S.ClH/c1-20(2)19-22(24(35)25-31-32-27(37-25)38-18-17-33(3)4)29-26(36)28(15-9-6-10-16-28)30-23(34)14-13-21-11-7-5-8-12-21;/h5,7-8,11-12,20,22H,6,9-10,13-19H2,1-4H3,(H,29,36)(H,30,34);1H. The molecule has 1 unspecified atom stereocenters. The van der Waals surface area contributed by atoms with Crippen LogP contribution in [0.2, 0.25) is 0 Å². The van der Waals surface area contributed by atoms with E-state index in [9.17, 15) is 14.4 Å². The van der Waals surface area contributed by atoms with Crippen molar-refractivity contribution < 1.29 is 18.8 Å². The number of hydrogen-bond donors (Lipinski definition) is 2. The van der Waals surface area contributed by atoms with Gasteiger partial charge in [0.15, 0.2) is 0 Å². The number of aryl methyl sites for hydroxylation is 1. The monoisotopic (exact) mass is 579 g/mol. The van der Waals surface area contributed by atoms with Crippen molar-refractivity contribution in [2.24, 2.45) is 5.92 Å². The highest BCUT2D eigenvalue weighted by atomic mass is 35.5. The molecule has 1 aromatic heterocycles. The quantitative estimate of drug-likeness (QED) is 0.251. The molecule has 1 atom stereocenters. The van der Waals surface area contributed by atoms with Crippen molar-refractivity contribution in [2.75, 3.05) is 26.4 Å². The normalized spacial score (nSPS) is 15.4. The van der Waals surface area contributed by atoms with Crippen LogP contribution >= 0.6 is 24.2 Å². The van der Waals surface area contributed by atoms with Gasteiger partial charge in [-0.2, -0.15) is 0 Å². The molecule has 0 radical (unpaired) electrons. The Balaban J connectivity index is 0.00000533. The first-order chi connectivity index (χ1) is 18.2. The maximum Gasteiger partial charge on any atom is 0.286 e. The van der Waals surface area contributed by atoms with Crippen LogP contribution in [0, 0.1) is 5.92 Å². The smallest absolute Gasteiger partial charge is 0.286 e. The fraction of sp³-hybridized carbons (Fsp3) is 0.607. The van der Waals surface area contributed by atoms with Gasteiger partial charge in [0.2, 0.25) is 17.6 Å². The van der Waals surface area contributed by atoms with Gasteiger partial charge in [-0.15, -0.1) is 22.6 Å². The molecule has 0 spiro atoms. The summed E-state index contributed by atoms with van der Waals surface area (Å²) in [7, 11) is 3.96. The van der Waals surface area contributed by atoms with Gasteiger partial charge in [-0.1, -0.05) is 75.2 Å². The molecule has 0 aliphatic heterocycles. The molecule has 2 aromatic rings. The first-order valence-corrected chi connectivity index (χ1v) is 14.5. The number of nitrogens with one attached hydrogen (secondary N) is 2. The van der Waals surface area contributed by atoms with Crippen LogP contribution in [0.25, 0.3) is 0 Å². The largest absolute Gasteiger partial charge is 0.408 e. The minimum Gasteiger partial charge on any atom is -0.408 e. The van der Waals surface area contributed by atoms with E-state index in [0.29, 0.717) is 37.3 Å². The number of amides is 2. The zero-order valence-electron chi connectivity index (χ0n) is 23.4. The lowest BCUT2D eigenvalue weighted by Gasteiger charge is -2.37. The van der Waals surface area contributed by atoms with Crippen LogP contribution in [-0.2, 0) is 16.0 Å². The minimum atomic E-state index is -1.02. The van der Waals surface area contributed by atoms with Crippen LogP contribution in [-0.4, -0.2) is 70.7 Å². The van der Waals surface area contributed by atoms with Crippen LogP contribution in [0.15, 0.2) is 40.0 Å². The van der Waals surface area contributed by atoms with Crippen molar-refractivity contribution in [3.63, 3.8) is 0 Å². The number of carbonyl (C=O) groups excluding carboxylic acids is 3. The summed E-state index contributed by atoms with van der Waals surface area (Å²) in [5.74, 6) is -0.0861. The summed E-state index contributed by atoms with van der Waals surface area (Å²) in [5.41, 5.74) is 0.0509. The third-order valence-corrected chi connectivity index (χ3v) is 7.51. The van der Waals surface area contributed by atoms with Gasteiger partial charge >= 0.3 is 0 Å². The molecule has 11 heteroatoms. The summed E-state index contributed by atoms with van der Waals surface area (Å²) in [6.07, 6.45) is 5.11. The Kier molecular flexibility index (Phi) is 13.4. The summed E-state index contributed by atoms with van der Waals surface area (Å²) in [6, 6.07) is 9.00. The Bertz CT molecular complexity index is 1060. The van der Waals surface area contributed by atoms with Gasteiger partial charge in [-0.05, 0) is 51.3 Å². The number of ketones is 1. The fourth-order valence-corrected chi connectivity index (χ4v) is 5.50. The zero-order valence-corrected chi connectivity index (χ0v) is 25.0. The number of Topliss-reactive ketones (excluding diaryl/α,β-unsaturated/α-hetero) is 1. The lowest BCUT2D eigenvalue weighted by molar-refractivity contribution is -0.135. The number of hydrogen-bond acceptors (Lipinski definition) is 8. The van der Waals surface area contributed by atoms with Crippen molar-refractivity contribution in [3.05, 3.63) is 41.8 Å². The second-order valence-corrected chi connectivity index (χ2v) is 11.8. The molecule has 0 saturated heterocycles. The number of halogens is 1. The van der Waals surface area contributed by atoms with E-state index in [-0.39, 0.29) is 36.0 Å². The Morgan fingerprint density at radius 1 is 1.08 bits per heavy atom. The third kappa shape index (κ3) is 10.2. The highest BCUT2D eigenvalue weighted by molar-refractivity contribution is 7.99. The van der Waals surface area contributed by atoms with Crippen molar-refractivity contribution in [2.45, 2.75) is 82.0 Å². The first-order valence-electron chi connectivity index (χ1n) is 13.5. The topological polar surface area (TPSA) is 117 Å². The number of aromatic nitrogens is 2. The van der Waals surface area contributed by atoms with Gasteiger partial charge in [0, 0.05) is 18.7 Å². The van der Waals surface area contributed by atoms with E-state index < -0.39 is 17.4 Å². The van der Waals surface area contributed by atoms with E-state index in [1.807, 2.05) is 63.2 Å². The molecule has 0 bridgehead atoms. The van der Waals surface area contributed by atoms with Gasteiger partial charge < -0.3 is 20.0 Å². The average Bonchev–Trinajstić information content (AvgIpc) is 3.36. The van der Waals surface area contributed by atoms with Crippen LogP contribution < -0.4 is 10.6 Å². The summed E-state index contributed by atoms with van der Waals surface area (Å²) >= 11 is 1.39. The summed E-state index contributed by atoms with van der Waals surface area (Å²) in [5, 5.41) is 14.3. The summed E-state index contributed by atoms with van der Waals surface area (Å²) in [6.45, 7) is 4.82. The highest BCUT2D eigenvalue weighted by Gasteiger charge is 2.42. The molecule has 2 N–H and O–H groups in total. The molecule has 1 aliphatic rings. The molecule has 9 nitrogen and oxygen atoms in total. The average molecular weight is 580 g/mol. The van der Waals surface area contributed by atoms with Crippen molar-refractivity contribution in [3.8, 4) is 0 Å². The van der Waals surface area contributed by atoms with Crippen LogP contribution in [0.3, 0.4) is 0 Å². The SMILES string of the molecule is CC(C)CC(NC(=O)C1(NC(=O)CCc2ccccc2)CCCCC1)C(=O)c1nnc(SCCN(C)C)o1.Cl. The van der Waals surface area contributed by atoms with E-state index in [2.05, 4.69) is 20.8 Å². The Morgan fingerprint density at radius 3 is 2.41 bits per heavy atom. The maximum atomic E-state index is 13.7. The van der Waals surface area contributed by atoms with E-state index >= 15 is 0 Å². The first kappa shape index (κ1) is 32.8. The molecule has 2 amide bonds. The third-order valence-electron chi connectivity index (χ3n) is 6.71. The predicted octanol–water partition coefficient (Wildman–Crippen LogP) is 4.31. The van der Waals surface area contributed by atoms with E-state index in [1.54, 1.807) is 0 Å². The number of benzene rings is 1. The molecular weight excluding hydrogens is 538 g/mol.